The first-order valence-electron chi connectivity index (χ1n) is 9.51. The summed E-state index contributed by atoms with van der Waals surface area (Å²) in [6.07, 6.45) is 0. The second kappa shape index (κ2) is 7.41. The van der Waals surface area contributed by atoms with Gasteiger partial charge in [0.15, 0.2) is 22.7 Å². The summed E-state index contributed by atoms with van der Waals surface area (Å²) in [5.41, 5.74) is -0.243. The molecule has 0 aliphatic carbocycles. The molecule has 9 nitrogen and oxygen atoms in total. The van der Waals surface area contributed by atoms with Crippen LogP contribution in [0.5, 0.6) is 23.3 Å². The fraction of sp³-hybridized carbons (Fsp3) is 0.190. The van der Waals surface area contributed by atoms with E-state index in [-0.39, 0.29) is 35.5 Å². The van der Waals surface area contributed by atoms with Gasteiger partial charge in [0.25, 0.3) is 5.56 Å². The Kier molecular flexibility index (Phi) is 4.66. The predicted octanol–water partition coefficient (Wildman–Crippen LogP) is 2.80. The van der Waals surface area contributed by atoms with Crippen LogP contribution in [0.25, 0.3) is 11.2 Å². The molecule has 3 heterocycles. The third-order valence-corrected chi connectivity index (χ3v) is 5.56. The Bertz CT molecular complexity index is 1510. The van der Waals surface area contributed by atoms with E-state index in [1.807, 2.05) is 0 Å². The molecule has 0 bridgehead atoms. The van der Waals surface area contributed by atoms with E-state index in [9.17, 15) is 14.0 Å². The number of ether oxygens (including phenoxy) is 3. The topological polar surface area (TPSA) is 89.5 Å². The zero-order chi connectivity index (χ0) is 22.6. The molecular weight excluding hydrogens is 443 g/mol. The maximum absolute atomic E-state index is 13.5. The van der Waals surface area contributed by atoms with E-state index >= 15 is 0 Å². The first-order valence-corrected chi connectivity index (χ1v) is 9.89. The maximum Gasteiger partial charge on any atom is 0.332 e. The Hall–Kier alpha value is -3.79. The van der Waals surface area contributed by atoms with Crippen LogP contribution in [0.3, 0.4) is 0 Å². The lowest BCUT2D eigenvalue weighted by Crippen LogP contribution is -2.37. The van der Waals surface area contributed by atoms with Crippen LogP contribution in [0.1, 0.15) is 5.56 Å². The molecular formula is C21H16ClFN4O5. The molecule has 5 rings (SSSR count). The van der Waals surface area contributed by atoms with Crippen LogP contribution in [0.15, 0.2) is 46.0 Å². The van der Waals surface area contributed by atoms with Gasteiger partial charge in [0.2, 0.25) is 6.79 Å². The number of aryl methyl sites for hydroxylation is 1. The van der Waals surface area contributed by atoms with Gasteiger partial charge in [-0.15, -0.1) is 0 Å². The molecule has 2 aromatic carbocycles. The van der Waals surface area contributed by atoms with Gasteiger partial charge >= 0.3 is 11.7 Å². The Morgan fingerprint density at radius 1 is 1.09 bits per heavy atom. The Morgan fingerprint density at radius 2 is 1.88 bits per heavy atom. The van der Waals surface area contributed by atoms with Crippen LogP contribution >= 0.6 is 11.6 Å². The first-order chi connectivity index (χ1) is 15.3. The van der Waals surface area contributed by atoms with E-state index in [2.05, 4.69) is 4.98 Å². The second-order valence-electron chi connectivity index (χ2n) is 7.21. The van der Waals surface area contributed by atoms with E-state index in [1.165, 1.54) is 41.4 Å². The summed E-state index contributed by atoms with van der Waals surface area (Å²) in [5.74, 6) is 0.998. The van der Waals surface area contributed by atoms with Crippen LogP contribution in [0.4, 0.5) is 4.39 Å². The highest BCUT2D eigenvalue weighted by Gasteiger charge is 2.22. The molecule has 0 saturated heterocycles. The molecule has 1 aliphatic heterocycles. The molecule has 164 valence electrons. The largest absolute Gasteiger partial charge is 0.454 e. The van der Waals surface area contributed by atoms with Crippen LogP contribution in [-0.2, 0) is 20.6 Å². The van der Waals surface area contributed by atoms with Crippen molar-refractivity contribution in [1.29, 1.82) is 0 Å². The van der Waals surface area contributed by atoms with E-state index in [0.717, 1.165) is 4.57 Å². The monoisotopic (exact) mass is 458 g/mol. The molecule has 11 heteroatoms. The van der Waals surface area contributed by atoms with Crippen LogP contribution < -0.4 is 25.5 Å². The molecule has 0 amide bonds. The number of fused-ring (bicyclic) bond motifs is 2. The highest BCUT2D eigenvalue weighted by Crippen LogP contribution is 2.37. The van der Waals surface area contributed by atoms with Crippen molar-refractivity contribution < 1.29 is 18.6 Å². The van der Waals surface area contributed by atoms with Crippen molar-refractivity contribution in [2.24, 2.45) is 14.1 Å². The summed E-state index contributed by atoms with van der Waals surface area (Å²) in [6.45, 7) is 0.168. The molecule has 1 aliphatic rings. The van der Waals surface area contributed by atoms with Gasteiger partial charge in [-0.2, -0.15) is 4.98 Å². The van der Waals surface area contributed by atoms with Crippen molar-refractivity contribution in [2.45, 2.75) is 6.54 Å². The maximum atomic E-state index is 13.5. The standard InChI is InChI=1S/C21H16ClFN4O5/c1-25-18-17(19(28)26(2)21(25)29)27(9-11-3-4-12(23)7-14(11)22)20(24-18)32-13-5-6-15-16(8-13)31-10-30-15/h3-8H,9-10H2,1-2H3. The van der Waals surface area contributed by atoms with Gasteiger partial charge in [-0.05, 0) is 29.8 Å². The number of rotatable bonds is 4. The summed E-state index contributed by atoms with van der Waals surface area (Å²) < 4.78 is 33.9. The number of imidazole rings is 1. The van der Waals surface area contributed by atoms with Crippen LogP contribution in [0.2, 0.25) is 5.02 Å². The van der Waals surface area contributed by atoms with Gasteiger partial charge in [0.1, 0.15) is 11.6 Å². The quantitative estimate of drug-likeness (QED) is 0.467. The number of halogens is 2. The number of hydrogen-bond donors (Lipinski definition) is 0. The molecule has 2 aromatic heterocycles. The first kappa shape index (κ1) is 20.1. The van der Waals surface area contributed by atoms with Gasteiger partial charge in [0, 0.05) is 25.2 Å². The zero-order valence-electron chi connectivity index (χ0n) is 17.0. The highest BCUT2D eigenvalue weighted by atomic mass is 35.5. The molecule has 0 fully saturated rings. The predicted molar refractivity (Wildman–Crippen MR) is 113 cm³/mol. The lowest BCUT2D eigenvalue weighted by molar-refractivity contribution is 0.174. The fourth-order valence-corrected chi connectivity index (χ4v) is 3.74. The highest BCUT2D eigenvalue weighted by molar-refractivity contribution is 6.31. The van der Waals surface area contributed by atoms with Crippen molar-refractivity contribution in [1.82, 2.24) is 18.7 Å². The minimum Gasteiger partial charge on any atom is -0.454 e. The van der Waals surface area contributed by atoms with Gasteiger partial charge in [-0.3, -0.25) is 18.5 Å². The zero-order valence-corrected chi connectivity index (χ0v) is 17.7. The van der Waals surface area contributed by atoms with Gasteiger partial charge < -0.3 is 14.2 Å². The summed E-state index contributed by atoms with van der Waals surface area (Å²) in [5, 5.41) is 0.183. The number of aromatic nitrogens is 4. The normalized spacial score (nSPS) is 12.5. The van der Waals surface area contributed by atoms with Crippen molar-refractivity contribution in [3.63, 3.8) is 0 Å². The summed E-state index contributed by atoms with van der Waals surface area (Å²) >= 11 is 6.22. The molecule has 32 heavy (non-hydrogen) atoms. The molecule has 0 atom stereocenters. The Labute approximate surface area is 184 Å². The number of benzene rings is 2. The third-order valence-electron chi connectivity index (χ3n) is 5.21. The van der Waals surface area contributed by atoms with Crippen molar-refractivity contribution in [2.75, 3.05) is 6.79 Å². The molecule has 0 spiro atoms. The fourth-order valence-electron chi connectivity index (χ4n) is 3.52. The van der Waals surface area contributed by atoms with Gasteiger partial charge in [-0.1, -0.05) is 17.7 Å². The Balaban J connectivity index is 1.70. The van der Waals surface area contributed by atoms with E-state index in [0.29, 0.717) is 22.8 Å². The average Bonchev–Trinajstić information content (AvgIpc) is 3.37. The second-order valence-corrected chi connectivity index (χ2v) is 7.62. The third kappa shape index (κ3) is 3.19. The lowest BCUT2D eigenvalue weighted by Gasteiger charge is -2.11. The summed E-state index contributed by atoms with van der Waals surface area (Å²) in [6, 6.07) is 9.01. The molecule has 0 N–H and O–H groups in total. The van der Waals surface area contributed by atoms with Crippen molar-refractivity contribution >= 4 is 22.8 Å². The van der Waals surface area contributed by atoms with Crippen molar-refractivity contribution in [3.05, 3.63) is 73.6 Å². The van der Waals surface area contributed by atoms with Crippen LogP contribution in [-0.4, -0.2) is 25.5 Å². The van der Waals surface area contributed by atoms with E-state index in [4.69, 9.17) is 25.8 Å². The minimum absolute atomic E-state index is 0.0533. The molecule has 0 unspecified atom stereocenters. The van der Waals surface area contributed by atoms with Gasteiger partial charge in [0.05, 0.1) is 6.54 Å². The smallest absolute Gasteiger partial charge is 0.332 e. The van der Waals surface area contributed by atoms with E-state index in [1.54, 1.807) is 18.2 Å². The minimum atomic E-state index is -0.547. The lowest BCUT2D eigenvalue weighted by atomic mass is 10.2. The number of nitrogens with zero attached hydrogens (tertiary/aromatic N) is 4. The summed E-state index contributed by atoms with van der Waals surface area (Å²) in [7, 11) is 2.89. The summed E-state index contributed by atoms with van der Waals surface area (Å²) in [4.78, 5) is 29.8. The molecule has 0 radical (unpaired) electrons. The van der Waals surface area contributed by atoms with Crippen molar-refractivity contribution in [3.8, 4) is 23.3 Å². The SMILES string of the molecule is Cn1c(=O)c2c(nc(Oc3ccc4c(c3)OCO4)n2Cc2ccc(F)cc2Cl)n(C)c1=O. The Morgan fingerprint density at radius 3 is 2.66 bits per heavy atom. The average molecular weight is 459 g/mol. The van der Waals surface area contributed by atoms with Crippen LogP contribution in [0, 0.1) is 5.82 Å². The number of hydrogen-bond acceptors (Lipinski definition) is 6. The van der Waals surface area contributed by atoms with Gasteiger partial charge in [-0.25, -0.2) is 9.18 Å². The molecule has 4 aromatic rings. The molecule has 0 saturated carbocycles. The van der Waals surface area contributed by atoms with E-state index < -0.39 is 17.1 Å².